The molecule has 0 saturated carbocycles. The molecule has 0 unspecified atom stereocenters. The van der Waals surface area contributed by atoms with Gasteiger partial charge >= 0.3 is 0 Å². The largest absolute Gasteiger partial charge is 0.493 e. The Kier molecular flexibility index (Phi) is 4.65. The minimum absolute atomic E-state index is 0.0281. The summed E-state index contributed by atoms with van der Waals surface area (Å²) in [4.78, 5) is 19.2. The van der Waals surface area contributed by atoms with Gasteiger partial charge in [0.05, 0.1) is 6.61 Å². The van der Waals surface area contributed by atoms with E-state index in [1.54, 1.807) is 12.4 Å². The van der Waals surface area contributed by atoms with Gasteiger partial charge in [-0.25, -0.2) is 0 Å². The van der Waals surface area contributed by atoms with Gasteiger partial charge in [-0.15, -0.1) is 0 Å². The van der Waals surface area contributed by atoms with Gasteiger partial charge in [-0.1, -0.05) is 30.3 Å². The molecule has 1 aromatic heterocycles. The Morgan fingerprint density at radius 1 is 0.962 bits per heavy atom. The molecule has 0 bridgehead atoms. The zero-order chi connectivity index (χ0) is 17.8. The molecule has 1 aliphatic rings. The zero-order valence-corrected chi connectivity index (χ0v) is 14.5. The maximum atomic E-state index is 13.2. The van der Waals surface area contributed by atoms with Crippen LogP contribution in [0.4, 0.5) is 0 Å². The summed E-state index contributed by atoms with van der Waals surface area (Å²) in [6.07, 6.45) is 4.37. The molecule has 4 rings (SSSR count). The van der Waals surface area contributed by atoms with Crippen LogP contribution in [-0.2, 0) is 19.5 Å². The fourth-order valence-corrected chi connectivity index (χ4v) is 3.21. The molecule has 0 saturated heterocycles. The number of carbonyl (C=O) groups excluding carboxylic acids is 1. The number of carbonyl (C=O) groups is 1. The summed E-state index contributed by atoms with van der Waals surface area (Å²) in [5.41, 5.74) is 3.99. The van der Waals surface area contributed by atoms with Crippen LogP contribution in [0, 0.1) is 0 Å². The Bertz CT molecular complexity index is 853. The van der Waals surface area contributed by atoms with E-state index in [0.29, 0.717) is 25.3 Å². The maximum absolute atomic E-state index is 13.2. The van der Waals surface area contributed by atoms with Crippen LogP contribution in [0.15, 0.2) is 73.1 Å². The molecule has 0 N–H and O–H groups in total. The summed E-state index contributed by atoms with van der Waals surface area (Å²) in [7, 11) is 0. The number of benzene rings is 2. The number of nitrogens with zero attached hydrogens (tertiary/aromatic N) is 2. The molecule has 0 spiro atoms. The lowest BCUT2D eigenvalue weighted by atomic mass is 10.1. The standard InChI is InChI=1S/C22H20N2O2/c25-22(20-6-7-21-19(14-20)10-13-26-21)24(15-17-4-2-1-3-5-17)16-18-8-11-23-12-9-18/h1-9,11-12,14H,10,13,15-16H2. The number of hydrogen-bond donors (Lipinski definition) is 0. The zero-order valence-electron chi connectivity index (χ0n) is 14.5. The van der Waals surface area contributed by atoms with E-state index in [1.807, 2.05) is 65.6 Å². The van der Waals surface area contributed by atoms with Crippen molar-refractivity contribution in [3.05, 3.63) is 95.3 Å². The van der Waals surface area contributed by atoms with Crippen molar-refractivity contribution in [1.82, 2.24) is 9.88 Å². The van der Waals surface area contributed by atoms with E-state index >= 15 is 0 Å². The molecular formula is C22H20N2O2. The van der Waals surface area contributed by atoms with Crippen molar-refractivity contribution < 1.29 is 9.53 Å². The molecule has 26 heavy (non-hydrogen) atoms. The molecule has 4 heteroatoms. The Hall–Kier alpha value is -3.14. The van der Waals surface area contributed by atoms with Crippen LogP contribution in [0.5, 0.6) is 5.75 Å². The van der Waals surface area contributed by atoms with Gasteiger partial charge in [0.25, 0.3) is 5.91 Å². The maximum Gasteiger partial charge on any atom is 0.254 e. The van der Waals surface area contributed by atoms with Crippen LogP contribution in [-0.4, -0.2) is 22.4 Å². The van der Waals surface area contributed by atoms with Crippen molar-refractivity contribution in [2.24, 2.45) is 0 Å². The number of ether oxygens (including phenoxy) is 1. The Labute approximate surface area is 153 Å². The summed E-state index contributed by atoms with van der Waals surface area (Å²) in [6.45, 7) is 1.80. The van der Waals surface area contributed by atoms with Crippen LogP contribution in [0.1, 0.15) is 27.0 Å². The van der Waals surface area contributed by atoms with Crippen LogP contribution < -0.4 is 4.74 Å². The predicted octanol–water partition coefficient (Wildman–Crippen LogP) is 3.86. The second-order valence-electron chi connectivity index (χ2n) is 6.42. The van der Waals surface area contributed by atoms with Crippen LogP contribution >= 0.6 is 0 Å². The molecule has 2 aromatic carbocycles. The lowest BCUT2D eigenvalue weighted by Crippen LogP contribution is -2.30. The number of hydrogen-bond acceptors (Lipinski definition) is 3. The monoisotopic (exact) mass is 344 g/mol. The van der Waals surface area contributed by atoms with E-state index in [-0.39, 0.29) is 5.91 Å². The average Bonchev–Trinajstić information content (AvgIpc) is 3.16. The molecule has 4 nitrogen and oxygen atoms in total. The van der Waals surface area contributed by atoms with E-state index in [4.69, 9.17) is 4.74 Å². The number of amides is 1. The van der Waals surface area contributed by atoms with Crippen LogP contribution in [0.25, 0.3) is 0 Å². The molecule has 0 fully saturated rings. The summed E-state index contributed by atoms with van der Waals surface area (Å²) in [5.74, 6) is 0.922. The minimum Gasteiger partial charge on any atom is -0.493 e. The third kappa shape index (κ3) is 3.59. The van der Waals surface area contributed by atoms with E-state index in [9.17, 15) is 4.79 Å². The van der Waals surface area contributed by atoms with E-state index in [0.717, 1.165) is 28.9 Å². The molecule has 130 valence electrons. The Morgan fingerprint density at radius 2 is 1.69 bits per heavy atom. The lowest BCUT2D eigenvalue weighted by Gasteiger charge is -2.23. The third-order valence-electron chi connectivity index (χ3n) is 4.56. The van der Waals surface area contributed by atoms with Crippen molar-refractivity contribution >= 4 is 5.91 Å². The quantitative estimate of drug-likeness (QED) is 0.706. The van der Waals surface area contributed by atoms with E-state index in [2.05, 4.69) is 4.98 Å². The first-order valence-electron chi connectivity index (χ1n) is 8.77. The first-order valence-corrected chi connectivity index (χ1v) is 8.77. The van der Waals surface area contributed by atoms with Gasteiger partial charge in [-0.05, 0) is 47.0 Å². The smallest absolute Gasteiger partial charge is 0.254 e. The SMILES string of the molecule is O=C(c1ccc2c(c1)CCO2)N(Cc1ccccc1)Cc1ccncc1. The molecule has 1 amide bonds. The lowest BCUT2D eigenvalue weighted by molar-refractivity contribution is 0.0730. The third-order valence-corrected chi connectivity index (χ3v) is 4.56. The van der Waals surface area contributed by atoms with Gasteiger partial charge < -0.3 is 9.64 Å². The molecule has 1 aliphatic heterocycles. The number of aromatic nitrogens is 1. The highest BCUT2D eigenvalue weighted by atomic mass is 16.5. The number of pyridine rings is 1. The van der Waals surface area contributed by atoms with Crippen molar-refractivity contribution in [3.63, 3.8) is 0 Å². The topological polar surface area (TPSA) is 42.4 Å². The van der Waals surface area contributed by atoms with Gasteiger partial charge in [0.2, 0.25) is 0 Å². The summed E-state index contributed by atoms with van der Waals surface area (Å²) in [6, 6.07) is 19.7. The molecule has 3 aromatic rings. The average molecular weight is 344 g/mol. The van der Waals surface area contributed by atoms with Crippen molar-refractivity contribution in [1.29, 1.82) is 0 Å². The van der Waals surface area contributed by atoms with Crippen molar-refractivity contribution in [3.8, 4) is 5.75 Å². The van der Waals surface area contributed by atoms with E-state index in [1.165, 1.54) is 0 Å². The Morgan fingerprint density at radius 3 is 2.46 bits per heavy atom. The fraction of sp³-hybridized carbons (Fsp3) is 0.182. The molecule has 0 aliphatic carbocycles. The molecule has 0 radical (unpaired) electrons. The van der Waals surface area contributed by atoms with Crippen molar-refractivity contribution in [2.45, 2.75) is 19.5 Å². The highest BCUT2D eigenvalue weighted by molar-refractivity contribution is 5.94. The number of rotatable bonds is 5. The summed E-state index contributed by atoms with van der Waals surface area (Å²) < 4.78 is 5.55. The predicted molar refractivity (Wildman–Crippen MR) is 99.9 cm³/mol. The molecular weight excluding hydrogens is 324 g/mol. The second kappa shape index (κ2) is 7.40. The summed E-state index contributed by atoms with van der Waals surface area (Å²) >= 11 is 0. The minimum atomic E-state index is 0.0281. The first-order chi connectivity index (χ1) is 12.8. The normalized spacial score (nSPS) is 12.3. The highest BCUT2D eigenvalue weighted by Gasteiger charge is 2.20. The van der Waals surface area contributed by atoms with Gasteiger partial charge in [-0.3, -0.25) is 9.78 Å². The van der Waals surface area contributed by atoms with Crippen LogP contribution in [0.3, 0.4) is 0 Å². The first kappa shape index (κ1) is 16.3. The number of fused-ring (bicyclic) bond motifs is 1. The second-order valence-corrected chi connectivity index (χ2v) is 6.42. The van der Waals surface area contributed by atoms with Crippen LogP contribution in [0.2, 0.25) is 0 Å². The molecule has 0 atom stereocenters. The van der Waals surface area contributed by atoms with Crippen molar-refractivity contribution in [2.75, 3.05) is 6.61 Å². The highest BCUT2D eigenvalue weighted by Crippen LogP contribution is 2.27. The Balaban J connectivity index is 1.61. The fourth-order valence-electron chi connectivity index (χ4n) is 3.21. The molecule has 2 heterocycles. The van der Waals surface area contributed by atoms with E-state index < -0.39 is 0 Å². The summed E-state index contributed by atoms with van der Waals surface area (Å²) in [5, 5.41) is 0. The van der Waals surface area contributed by atoms with Gasteiger partial charge in [0, 0.05) is 37.5 Å². The van der Waals surface area contributed by atoms with Gasteiger partial charge in [-0.2, -0.15) is 0 Å². The van der Waals surface area contributed by atoms with Gasteiger partial charge in [0.1, 0.15) is 5.75 Å². The van der Waals surface area contributed by atoms with Gasteiger partial charge in [0.15, 0.2) is 0 Å².